The Morgan fingerprint density at radius 1 is 1.42 bits per heavy atom. The van der Waals surface area contributed by atoms with Gasteiger partial charge in [0.05, 0.1) is 11.0 Å². The maximum atomic E-state index is 9.68. The summed E-state index contributed by atoms with van der Waals surface area (Å²) >= 11 is 1.51. The van der Waals surface area contributed by atoms with Crippen LogP contribution in [0.15, 0.2) is 24.4 Å². The number of aryl methyl sites for hydroxylation is 1. The third kappa shape index (κ3) is 3.05. The van der Waals surface area contributed by atoms with Crippen LogP contribution in [0.4, 0.5) is 11.6 Å². The zero-order chi connectivity index (χ0) is 16.7. The molecule has 3 N–H and O–H groups in total. The van der Waals surface area contributed by atoms with Gasteiger partial charge < -0.3 is 10.4 Å². The largest absolute Gasteiger partial charge is 0.388 e. The van der Waals surface area contributed by atoms with Gasteiger partial charge in [-0.1, -0.05) is 0 Å². The lowest BCUT2D eigenvalue weighted by molar-refractivity contribution is 0.203. The smallest absolute Gasteiger partial charge is 0.171 e. The summed E-state index contributed by atoms with van der Waals surface area (Å²) in [5.41, 5.74) is 2.14. The average Bonchev–Trinajstić information content (AvgIpc) is 3.10. The van der Waals surface area contributed by atoms with Crippen LogP contribution in [0.3, 0.4) is 0 Å². The molecule has 0 saturated heterocycles. The number of hydrogen-bond donors (Lipinski definition) is 3. The molecular weight excluding hydrogens is 322 g/mol. The first kappa shape index (κ1) is 15.3. The number of aliphatic hydroxyl groups is 1. The van der Waals surface area contributed by atoms with Crippen LogP contribution in [0.5, 0.6) is 0 Å². The summed E-state index contributed by atoms with van der Waals surface area (Å²) in [5.74, 6) is 2.82. The Labute approximate surface area is 148 Å². The van der Waals surface area contributed by atoms with Crippen molar-refractivity contribution in [3.63, 3.8) is 0 Å². The highest BCUT2D eigenvalue weighted by molar-refractivity contribution is 7.15. The van der Waals surface area contributed by atoms with E-state index in [0.717, 1.165) is 27.0 Å². The van der Waals surface area contributed by atoms with Gasteiger partial charge in [-0.15, -0.1) is 11.3 Å². The zero-order valence-electron chi connectivity index (χ0n) is 13.6. The predicted octanol–water partition coefficient (Wildman–Crippen LogP) is 4.65. The molecule has 130 valence electrons. The van der Waals surface area contributed by atoms with E-state index in [2.05, 4.69) is 31.5 Å². The molecule has 1 aliphatic carbocycles. The van der Waals surface area contributed by atoms with Gasteiger partial charge in [-0.2, -0.15) is 5.10 Å². The Bertz CT molecular complexity index is 879. The highest BCUT2D eigenvalue weighted by atomic mass is 32.1. The minimum Gasteiger partial charge on any atom is -0.388 e. The van der Waals surface area contributed by atoms with Gasteiger partial charge in [0.25, 0.3) is 0 Å². The van der Waals surface area contributed by atoms with Crippen molar-refractivity contribution in [3.8, 4) is 10.7 Å². The Morgan fingerprint density at radius 3 is 2.96 bits per heavy atom. The van der Waals surface area contributed by atoms with E-state index in [1.165, 1.54) is 29.9 Å². The highest BCUT2D eigenvalue weighted by Gasteiger charge is 2.25. The van der Waals surface area contributed by atoms with Crippen molar-refractivity contribution in [2.75, 3.05) is 5.32 Å². The second kappa shape index (κ2) is 5.99. The fourth-order valence-electron chi connectivity index (χ4n) is 2.51. The first-order chi connectivity index (χ1) is 11.6. The van der Waals surface area contributed by atoms with Crippen LogP contribution in [-0.2, 0) is 0 Å². The molecule has 3 heterocycles. The summed E-state index contributed by atoms with van der Waals surface area (Å²) < 4.78 is 0. The third-order valence-electron chi connectivity index (χ3n) is 4.09. The van der Waals surface area contributed by atoms with Crippen LogP contribution < -0.4 is 5.32 Å². The van der Waals surface area contributed by atoms with Crippen molar-refractivity contribution in [1.29, 1.82) is 0 Å². The summed E-state index contributed by atoms with van der Waals surface area (Å²) in [4.78, 5) is 10.9. The van der Waals surface area contributed by atoms with Crippen LogP contribution in [0.2, 0.25) is 0 Å². The van der Waals surface area contributed by atoms with E-state index in [1.807, 2.05) is 19.1 Å². The maximum absolute atomic E-state index is 9.68. The third-order valence-corrected chi connectivity index (χ3v) is 5.34. The average molecular weight is 347 g/mol. The summed E-state index contributed by atoms with van der Waals surface area (Å²) in [6.45, 7) is 3.73. The number of nitrogens with zero attached hydrogens (tertiary/aromatic N) is 3. The number of aromatic nitrogens is 4. The molecule has 3 aromatic heterocycles. The molecule has 1 atom stereocenters. The van der Waals surface area contributed by atoms with Gasteiger partial charge in [-0.05, 0) is 38.8 Å². The first-order valence-electron chi connectivity index (χ1n) is 8.04. The molecule has 0 aliphatic heterocycles. The van der Waals surface area contributed by atoms with Crippen molar-refractivity contribution in [2.45, 2.75) is 38.7 Å². The van der Waals surface area contributed by atoms with Gasteiger partial charge in [-0.25, -0.2) is 9.97 Å². The molecular formula is C17H25N5OS. The summed E-state index contributed by atoms with van der Waals surface area (Å²) in [6.07, 6.45) is 3.81. The Kier molecular flexibility index (Phi) is 3.82. The molecule has 3 aromatic rings. The normalized spacial score (nSPS) is 15.5. The molecule has 0 bridgehead atoms. The van der Waals surface area contributed by atoms with Crippen LogP contribution in [-0.4, -0.2) is 25.3 Å². The molecule has 0 spiro atoms. The van der Waals surface area contributed by atoms with Gasteiger partial charge in [0, 0.05) is 38.6 Å². The SMILES string of the molecule is Cc1cnc(-c2ccc([C@@H](C)O)s2)nc1Nc1cc(C2CC2)[nH]n1.[HH].[HH].[HH]. The van der Waals surface area contributed by atoms with Crippen LogP contribution in [0.1, 0.15) is 52.2 Å². The Morgan fingerprint density at radius 2 is 2.25 bits per heavy atom. The van der Waals surface area contributed by atoms with Crippen LogP contribution >= 0.6 is 11.3 Å². The van der Waals surface area contributed by atoms with Gasteiger partial charge in [-0.3, -0.25) is 5.10 Å². The number of hydrogen-bond acceptors (Lipinski definition) is 6. The second-order valence-corrected chi connectivity index (χ2v) is 7.33. The van der Waals surface area contributed by atoms with Gasteiger partial charge in [0.2, 0.25) is 0 Å². The molecule has 1 fully saturated rings. The topological polar surface area (TPSA) is 86.7 Å². The minimum atomic E-state index is -0.475. The van der Waals surface area contributed by atoms with Crippen molar-refractivity contribution < 1.29 is 9.39 Å². The standard InChI is InChI=1S/C17H19N5OS.3H2/c1-9-8-18-17(14-6-5-13(24-14)10(2)23)20-16(9)19-15-7-12(21-22-15)11-3-4-11;;;/h5-8,10-11,23H,3-4H2,1-2H3,(H2,18,19,20,21,22);3*1H/t10-;;;/m1.../s1. The molecule has 1 aliphatic rings. The quantitative estimate of drug-likeness (QED) is 0.625. The summed E-state index contributed by atoms with van der Waals surface area (Å²) in [5, 5.41) is 20.4. The van der Waals surface area contributed by atoms with E-state index >= 15 is 0 Å². The van der Waals surface area contributed by atoms with Gasteiger partial charge >= 0.3 is 0 Å². The van der Waals surface area contributed by atoms with Crippen LogP contribution in [0.25, 0.3) is 10.7 Å². The van der Waals surface area contributed by atoms with E-state index in [9.17, 15) is 5.11 Å². The molecule has 1 saturated carbocycles. The van der Waals surface area contributed by atoms with E-state index in [4.69, 9.17) is 0 Å². The van der Waals surface area contributed by atoms with E-state index in [-0.39, 0.29) is 4.28 Å². The Balaban J connectivity index is 0.00000121. The number of H-pyrrole nitrogens is 1. The zero-order valence-corrected chi connectivity index (χ0v) is 14.4. The number of thiophene rings is 1. The van der Waals surface area contributed by atoms with E-state index in [1.54, 1.807) is 13.1 Å². The van der Waals surface area contributed by atoms with Crippen molar-refractivity contribution in [2.24, 2.45) is 0 Å². The lowest BCUT2D eigenvalue weighted by Gasteiger charge is -2.07. The van der Waals surface area contributed by atoms with Gasteiger partial charge in [0.1, 0.15) is 5.82 Å². The molecule has 0 aromatic carbocycles. The lowest BCUT2D eigenvalue weighted by atomic mass is 10.3. The summed E-state index contributed by atoms with van der Waals surface area (Å²) in [7, 11) is 0. The fourth-order valence-corrected chi connectivity index (χ4v) is 3.40. The minimum absolute atomic E-state index is 0. The van der Waals surface area contributed by atoms with Crippen molar-refractivity contribution >= 4 is 23.0 Å². The molecule has 0 unspecified atom stereocenters. The number of rotatable bonds is 5. The fraction of sp³-hybridized carbons (Fsp3) is 0.353. The number of nitrogens with one attached hydrogen (secondary N) is 2. The second-order valence-electron chi connectivity index (χ2n) is 6.21. The van der Waals surface area contributed by atoms with E-state index < -0.39 is 6.10 Å². The van der Waals surface area contributed by atoms with E-state index in [0.29, 0.717) is 11.7 Å². The predicted molar refractivity (Wildman–Crippen MR) is 101 cm³/mol. The molecule has 4 rings (SSSR count). The number of aromatic amines is 1. The first-order valence-corrected chi connectivity index (χ1v) is 8.86. The molecule has 24 heavy (non-hydrogen) atoms. The number of aliphatic hydroxyl groups excluding tert-OH is 1. The molecule has 0 radical (unpaired) electrons. The van der Waals surface area contributed by atoms with Gasteiger partial charge in [0.15, 0.2) is 11.6 Å². The Hall–Kier alpha value is -2.25. The molecule has 6 nitrogen and oxygen atoms in total. The van der Waals surface area contributed by atoms with Crippen LogP contribution in [0, 0.1) is 6.92 Å². The molecule has 0 amide bonds. The van der Waals surface area contributed by atoms with Crippen molar-refractivity contribution in [3.05, 3.63) is 40.5 Å². The van der Waals surface area contributed by atoms with Crippen molar-refractivity contribution in [1.82, 2.24) is 20.2 Å². The summed E-state index contributed by atoms with van der Waals surface area (Å²) in [6, 6.07) is 5.91. The molecule has 7 heteroatoms. The highest BCUT2D eigenvalue weighted by Crippen LogP contribution is 2.39. The lowest BCUT2D eigenvalue weighted by Crippen LogP contribution is -1.99. The maximum Gasteiger partial charge on any atom is 0.171 e. The monoisotopic (exact) mass is 347 g/mol. The number of anilines is 2.